The number of rotatable bonds is 5. The summed E-state index contributed by atoms with van der Waals surface area (Å²) in [5, 5.41) is 11.0. The molecule has 0 bridgehead atoms. The molecule has 0 spiro atoms. The summed E-state index contributed by atoms with van der Waals surface area (Å²) in [6.45, 7) is 0.0200. The third kappa shape index (κ3) is 3.16. The first kappa shape index (κ1) is 17.2. The van der Waals surface area contributed by atoms with E-state index in [1.807, 2.05) is 0 Å². The number of allylic oxidation sites excluding steroid dienone is 1. The third-order valence-corrected chi connectivity index (χ3v) is 4.44. The molecule has 2 heterocycles. The van der Waals surface area contributed by atoms with Crippen LogP contribution in [0.3, 0.4) is 0 Å². The maximum Gasteiger partial charge on any atom is 0.265 e. The lowest BCUT2D eigenvalue weighted by Gasteiger charge is -2.21. The monoisotopic (exact) mass is 399 g/mol. The molecular weight excluding hydrogens is 386 g/mol. The Kier molecular flexibility index (Phi) is 4.62. The molecule has 1 aliphatic rings. The van der Waals surface area contributed by atoms with Crippen LogP contribution in [0.5, 0.6) is 0 Å². The van der Waals surface area contributed by atoms with Gasteiger partial charge < -0.3 is 9.52 Å². The van der Waals surface area contributed by atoms with Gasteiger partial charge in [-0.15, -0.1) is 6.42 Å². The Morgan fingerprint density at radius 1 is 1.44 bits per heavy atom. The summed E-state index contributed by atoms with van der Waals surface area (Å²) in [6, 6.07) is 8.47. The van der Waals surface area contributed by atoms with Gasteiger partial charge >= 0.3 is 0 Å². The van der Waals surface area contributed by atoms with Crippen molar-refractivity contribution in [2.75, 3.05) is 11.4 Å². The van der Waals surface area contributed by atoms with Crippen molar-refractivity contribution in [2.45, 2.75) is 12.0 Å². The van der Waals surface area contributed by atoms with E-state index in [0.717, 1.165) is 0 Å². The highest BCUT2D eigenvalue weighted by atomic mass is 79.9. The van der Waals surface area contributed by atoms with Gasteiger partial charge in [-0.25, -0.2) is 0 Å². The Labute approximate surface area is 153 Å². The molecule has 126 valence electrons. The maximum absolute atomic E-state index is 12.7. The average molecular weight is 400 g/mol. The quantitative estimate of drug-likeness (QED) is 0.619. The van der Waals surface area contributed by atoms with Crippen molar-refractivity contribution in [3.05, 3.63) is 58.5 Å². The summed E-state index contributed by atoms with van der Waals surface area (Å²) >= 11 is 3.33. The molecule has 0 aliphatic carbocycles. The van der Waals surface area contributed by atoms with Crippen LogP contribution in [0.25, 0.3) is 6.08 Å². The maximum atomic E-state index is 12.7. The molecule has 1 N–H and O–H groups in total. The van der Waals surface area contributed by atoms with E-state index in [4.69, 9.17) is 10.8 Å². The zero-order valence-electron chi connectivity index (χ0n) is 13.1. The van der Waals surface area contributed by atoms with Crippen molar-refractivity contribution in [2.24, 2.45) is 0 Å². The second kappa shape index (κ2) is 6.71. The van der Waals surface area contributed by atoms with Crippen LogP contribution in [-0.2, 0) is 15.2 Å². The van der Waals surface area contributed by atoms with Crippen LogP contribution < -0.4 is 4.90 Å². The number of hydrogen-bond donors (Lipinski definition) is 1. The van der Waals surface area contributed by atoms with E-state index in [1.54, 1.807) is 30.3 Å². The van der Waals surface area contributed by atoms with E-state index < -0.39 is 17.3 Å². The molecule has 5 nitrogen and oxygen atoms in total. The molecule has 25 heavy (non-hydrogen) atoms. The molecule has 1 aromatic carbocycles. The molecule has 1 amide bonds. The van der Waals surface area contributed by atoms with Gasteiger partial charge in [-0.3, -0.25) is 14.5 Å². The highest BCUT2D eigenvalue weighted by molar-refractivity contribution is 9.10. The van der Waals surface area contributed by atoms with Crippen LogP contribution in [0.1, 0.15) is 17.7 Å². The van der Waals surface area contributed by atoms with Gasteiger partial charge in [0.2, 0.25) is 0 Å². The predicted molar refractivity (Wildman–Crippen MR) is 96.6 cm³/mol. The Bertz CT molecular complexity index is 895. The van der Waals surface area contributed by atoms with Crippen molar-refractivity contribution >= 4 is 39.4 Å². The Balaban J connectivity index is 1.91. The van der Waals surface area contributed by atoms with E-state index in [1.165, 1.54) is 23.3 Å². The average Bonchev–Trinajstić information content (AvgIpc) is 3.16. The largest absolute Gasteiger partial charge is 0.465 e. The lowest BCUT2D eigenvalue weighted by atomic mass is 9.90. The molecule has 1 atom stereocenters. The second-order valence-corrected chi connectivity index (χ2v) is 6.52. The number of terminal acetylenes is 1. The minimum absolute atomic E-state index is 0.0200. The van der Waals surface area contributed by atoms with Gasteiger partial charge in [0.25, 0.3) is 5.91 Å². The number of anilines is 1. The summed E-state index contributed by atoms with van der Waals surface area (Å²) in [7, 11) is 0. The Hall–Kier alpha value is -2.62. The number of aliphatic hydroxyl groups is 1. The number of carbonyl (C=O) groups excluding carboxylic acids is 2. The summed E-state index contributed by atoms with van der Waals surface area (Å²) in [6.07, 6.45) is 9.21. The van der Waals surface area contributed by atoms with Crippen molar-refractivity contribution in [1.82, 2.24) is 0 Å². The van der Waals surface area contributed by atoms with E-state index >= 15 is 0 Å². The first-order valence-electron chi connectivity index (χ1n) is 7.48. The first-order chi connectivity index (χ1) is 12.0. The molecule has 0 unspecified atom stereocenters. The summed E-state index contributed by atoms with van der Waals surface area (Å²) in [5.41, 5.74) is -1.07. The summed E-state index contributed by atoms with van der Waals surface area (Å²) in [5.74, 6) is 1.91. The molecule has 0 radical (unpaired) electrons. The van der Waals surface area contributed by atoms with E-state index in [0.29, 0.717) is 21.5 Å². The molecular formula is C19H14BrNO4. The van der Waals surface area contributed by atoms with Crippen LogP contribution >= 0.6 is 15.9 Å². The molecule has 0 saturated carbocycles. The zero-order valence-corrected chi connectivity index (χ0v) is 14.7. The van der Waals surface area contributed by atoms with E-state index in [-0.39, 0.29) is 13.0 Å². The zero-order chi connectivity index (χ0) is 18.0. The van der Waals surface area contributed by atoms with Crippen molar-refractivity contribution in [1.29, 1.82) is 0 Å². The van der Waals surface area contributed by atoms with Crippen molar-refractivity contribution in [3.63, 3.8) is 0 Å². The third-order valence-electron chi connectivity index (χ3n) is 3.95. The van der Waals surface area contributed by atoms with Crippen LogP contribution in [-0.4, -0.2) is 23.3 Å². The van der Waals surface area contributed by atoms with Crippen LogP contribution in [0, 0.1) is 12.3 Å². The van der Waals surface area contributed by atoms with Gasteiger partial charge in [0.15, 0.2) is 11.4 Å². The Morgan fingerprint density at radius 3 is 2.92 bits per heavy atom. The summed E-state index contributed by atoms with van der Waals surface area (Å²) in [4.78, 5) is 26.3. The number of amides is 1. The fourth-order valence-electron chi connectivity index (χ4n) is 2.81. The minimum Gasteiger partial charge on any atom is -0.465 e. The van der Waals surface area contributed by atoms with Crippen molar-refractivity contribution in [3.8, 4) is 12.3 Å². The topological polar surface area (TPSA) is 70.8 Å². The van der Waals surface area contributed by atoms with Crippen LogP contribution in [0.4, 0.5) is 5.69 Å². The predicted octanol–water partition coefficient (Wildman–Crippen LogP) is 2.88. The fraction of sp³-hybridized carbons (Fsp3) is 0.158. The molecule has 2 aromatic rings. The molecule has 0 fully saturated rings. The number of halogens is 1. The molecule has 1 aliphatic heterocycles. The smallest absolute Gasteiger partial charge is 0.265 e. The van der Waals surface area contributed by atoms with E-state index in [9.17, 15) is 14.7 Å². The lowest BCUT2D eigenvalue weighted by Crippen LogP contribution is -2.41. The normalized spacial score (nSPS) is 19.2. The molecule has 1 aromatic heterocycles. The number of ketones is 1. The van der Waals surface area contributed by atoms with Crippen LogP contribution in [0.2, 0.25) is 0 Å². The second-order valence-electron chi connectivity index (χ2n) is 5.61. The Morgan fingerprint density at radius 2 is 2.24 bits per heavy atom. The first-order valence-corrected chi connectivity index (χ1v) is 8.27. The number of benzene rings is 1. The molecule has 0 saturated heterocycles. The SMILES string of the molecule is C#CCN1C(=O)[C@](O)(CC(=O)/C=C/c2ccco2)c2cc(Br)ccc21. The van der Waals surface area contributed by atoms with Gasteiger partial charge in [0.05, 0.1) is 24.9 Å². The molecule has 6 heteroatoms. The number of carbonyl (C=O) groups is 2. The van der Waals surface area contributed by atoms with Gasteiger partial charge in [-0.1, -0.05) is 21.9 Å². The number of hydrogen-bond acceptors (Lipinski definition) is 4. The number of nitrogens with zero attached hydrogens (tertiary/aromatic N) is 1. The fourth-order valence-corrected chi connectivity index (χ4v) is 3.18. The van der Waals surface area contributed by atoms with Gasteiger partial charge in [-0.05, 0) is 42.5 Å². The molecule has 3 rings (SSSR count). The van der Waals surface area contributed by atoms with Gasteiger partial charge in [0, 0.05) is 10.0 Å². The van der Waals surface area contributed by atoms with Gasteiger partial charge in [0.1, 0.15) is 5.76 Å². The van der Waals surface area contributed by atoms with Crippen molar-refractivity contribution < 1.29 is 19.1 Å². The highest BCUT2D eigenvalue weighted by Crippen LogP contribution is 2.43. The van der Waals surface area contributed by atoms with Gasteiger partial charge in [-0.2, -0.15) is 0 Å². The highest BCUT2D eigenvalue weighted by Gasteiger charge is 2.50. The standard InChI is InChI=1S/C19H14BrNO4/c1-2-9-21-17-8-5-13(20)11-16(17)19(24,18(21)23)12-14(22)6-7-15-4-3-10-25-15/h1,3-8,10-11,24H,9,12H2/b7-6+/t19-/m0/s1. The summed E-state index contributed by atoms with van der Waals surface area (Å²) < 4.78 is 5.81. The number of fused-ring (bicyclic) bond motifs is 1. The van der Waals surface area contributed by atoms with E-state index in [2.05, 4.69) is 21.9 Å². The number of furan rings is 1. The van der Waals surface area contributed by atoms with Crippen LogP contribution in [0.15, 0.2) is 51.6 Å². The minimum atomic E-state index is -1.94. The lowest BCUT2D eigenvalue weighted by molar-refractivity contribution is -0.140.